The quantitative estimate of drug-likeness (QED) is 0.166. The molecule has 0 saturated carbocycles. The first-order chi connectivity index (χ1) is 15.8. The van der Waals surface area contributed by atoms with E-state index < -0.39 is 23.3 Å². The number of carbonyl (C=O) groups is 4. The number of nitro benzene ring substituents is 1. The van der Waals surface area contributed by atoms with Gasteiger partial charge in [0, 0.05) is 17.7 Å². The molecule has 0 radical (unpaired) electrons. The zero-order chi connectivity index (χ0) is 23.7. The molecule has 0 bridgehead atoms. The fraction of sp³-hybridized carbons (Fsp3) is 0.250. The summed E-state index contributed by atoms with van der Waals surface area (Å²) in [6.45, 7) is 1.33. The third kappa shape index (κ3) is 4.17. The van der Waals surface area contributed by atoms with Crippen LogP contribution in [0, 0.1) is 27.9 Å². The van der Waals surface area contributed by atoms with Crippen LogP contribution in [0.3, 0.4) is 0 Å². The van der Waals surface area contributed by atoms with Crippen LogP contribution in [-0.4, -0.2) is 35.1 Å². The summed E-state index contributed by atoms with van der Waals surface area (Å²) in [5.41, 5.74) is 0.329. The minimum absolute atomic E-state index is 0.0250. The fourth-order valence-corrected chi connectivity index (χ4v) is 4.24. The van der Waals surface area contributed by atoms with Crippen LogP contribution >= 0.6 is 0 Å². The number of anilines is 1. The van der Waals surface area contributed by atoms with Crippen LogP contribution in [0.1, 0.15) is 34.1 Å². The molecule has 2 aliphatic rings. The number of benzene rings is 2. The molecule has 2 aromatic carbocycles. The minimum Gasteiger partial charge on any atom is -0.454 e. The second-order valence-electron chi connectivity index (χ2n) is 8.02. The van der Waals surface area contributed by atoms with Gasteiger partial charge in [-0.05, 0) is 36.6 Å². The molecule has 33 heavy (non-hydrogen) atoms. The summed E-state index contributed by atoms with van der Waals surface area (Å²) in [6.07, 6.45) is 4.40. The van der Waals surface area contributed by atoms with Crippen molar-refractivity contribution >= 4 is 34.9 Å². The van der Waals surface area contributed by atoms with Gasteiger partial charge in [-0.15, -0.1) is 0 Å². The van der Waals surface area contributed by atoms with Crippen molar-refractivity contribution in [3.8, 4) is 0 Å². The number of amides is 2. The lowest BCUT2D eigenvalue weighted by molar-refractivity contribution is -0.384. The topological polar surface area (TPSA) is 124 Å². The molecular formula is C24H20N2O7. The van der Waals surface area contributed by atoms with Crippen LogP contribution in [0.4, 0.5) is 11.4 Å². The average molecular weight is 448 g/mol. The summed E-state index contributed by atoms with van der Waals surface area (Å²) in [5, 5.41) is 10.8. The first kappa shape index (κ1) is 22.1. The summed E-state index contributed by atoms with van der Waals surface area (Å²) >= 11 is 0. The lowest BCUT2D eigenvalue weighted by Crippen LogP contribution is -2.31. The molecule has 1 saturated heterocycles. The number of nitro groups is 1. The van der Waals surface area contributed by atoms with Crippen LogP contribution in [0.25, 0.3) is 0 Å². The number of allylic oxidation sites excluding steroid dienone is 2. The van der Waals surface area contributed by atoms with Crippen molar-refractivity contribution in [1.82, 2.24) is 0 Å². The number of imide groups is 1. The van der Waals surface area contributed by atoms with Gasteiger partial charge in [0.25, 0.3) is 5.69 Å². The van der Waals surface area contributed by atoms with E-state index >= 15 is 0 Å². The molecule has 168 valence electrons. The van der Waals surface area contributed by atoms with E-state index in [1.807, 2.05) is 19.1 Å². The van der Waals surface area contributed by atoms with Crippen molar-refractivity contribution in [2.45, 2.75) is 13.3 Å². The molecule has 0 aromatic heterocycles. The summed E-state index contributed by atoms with van der Waals surface area (Å²) < 4.78 is 5.03. The maximum absolute atomic E-state index is 12.9. The SMILES string of the molecule is C[C@@H]1C=CC[C@@H]2C(=O)N(c3ccc(C(=O)OCC(=O)c4cccc([N+](=O)[O-])c4)cc3)C(=O)[C@@H]12. The highest BCUT2D eigenvalue weighted by Gasteiger charge is 2.50. The zero-order valence-electron chi connectivity index (χ0n) is 17.7. The highest BCUT2D eigenvalue weighted by molar-refractivity contribution is 6.22. The molecule has 4 rings (SSSR count). The number of ether oxygens (including phenoxy) is 1. The van der Waals surface area contributed by atoms with E-state index in [-0.39, 0.29) is 46.4 Å². The minimum atomic E-state index is -0.772. The first-order valence-electron chi connectivity index (χ1n) is 10.4. The largest absolute Gasteiger partial charge is 0.454 e. The molecule has 1 aliphatic heterocycles. The Morgan fingerprint density at radius 1 is 1.09 bits per heavy atom. The molecule has 0 unspecified atom stereocenters. The molecule has 0 N–H and O–H groups in total. The van der Waals surface area contributed by atoms with Crippen molar-refractivity contribution in [2.75, 3.05) is 11.5 Å². The number of ketones is 1. The molecular weight excluding hydrogens is 428 g/mol. The third-order valence-corrected chi connectivity index (χ3v) is 5.95. The lowest BCUT2D eigenvalue weighted by Gasteiger charge is -2.22. The van der Waals surface area contributed by atoms with Crippen LogP contribution < -0.4 is 4.90 Å². The van der Waals surface area contributed by atoms with Gasteiger partial charge in [0.15, 0.2) is 6.61 Å². The second kappa shape index (κ2) is 8.78. The number of non-ortho nitro benzene ring substituents is 1. The molecule has 2 aromatic rings. The molecule has 1 fully saturated rings. The van der Waals surface area contributed by atoms with Crippen LogP contribution in [0.15, 0.2) is 60.7 Å². The van der Waals surface area contributed by atoms with E-state index in [1.165, 1.54) is 47.4 Å². The molecule has 9 nitrogen and oxygen atoms in total. The maximum atomic E-state index is 12.9. The Bertz CT molecular complexity index is 1190. The van der Waals surface area contributed by atoms with E-state index in [4.69, 9.17) is 4.74 Å². The van der Waals surface area contributed by atoms with Gasteiger partial charge in [0.05, 0.1) is 28.0 Å². The van der Waals surface area contributed by atoms with Crippen molar-refractivity contribution < 1.29 is 28.8 Å². The van der Waals surface area contributed by atoms with E-state index in [2.05, 4.69) is 0 Å². The summed E-state index contributed by atoms with van der Waals surface area (Å²) in [4.78, 5) is 61.6. The van der Waals surface area contributed by atoms with E-state index in [9.17, 15) is 29.3 Å². The number of fused-ring (bicyclic) bond motifs is 1. The van der Waals surface area contributed by atoms with Gasteiger partial charge in [-0.25, -0.2) is 4.79 Å². The Balaban J connectivity index is 1.41. The van der Waals surface area contributed by atoms with Crippen LogP contribution in [0.5, 0.6) is 0 Å². The Morgan fingerprint density at radius 3 is 2.48 bits per heavy atom. The number of rotatable bonds is 6. The van der Waals surface area contributed by atoms with Crippen LogP contribution in [-0.2, 0) is 14.3 Å². The number of carbonyl (C=O) groups excluding carboxylic acids is 4. The lowest BCUT2D eigenvalue weighted by atomic mass is 9.78. The van der Waals surface area contributed by atoms with Crippen molar-refractivity contribution in [3.05, 3.63) is 81.9 Å². The van der Waals surface area contributed by atoms with Gasteiger partial charge >= 0.3 is 5.97 Å². The van der Waals surface area contributed by atoms with Gasteiger partial charge in [0.1, 0.15) is 0 Å². The predicted molar refractivity (Wildman–Crippen MR) is 117 cm³/mol. The Morgan fingerprint density at radius 2 is 1.82 bits per heavy atom. The fourth-order valence-electron chi connectivity index (χ4n) is 4.24. The predicted octanol–water partition coefficient (Wildman–Crippen LogP) is 3.34. The van der Waals surface area contributed by atoms with Gasteiger partial charge in [0.2, 0.25) is 17.6 Å². The van der Waals surface area contributed by atoms with Gasteiger partial charge < -0.3 is 4.74 Å². The Labute approximate surface area is 188 Å². The number of hydrogen-bond donors (Lipinski definition) is 0. The van der Waals surface area contributed by atoms with Crippen molar-refractivity contribution in [1.29, 1.82) is 0 Å². The highest BCUT2D eigenvalue weighted by Crippen LogP contribution is 2.40. The standard InChI is InChI=1S/C24H20N2O7/c1-14-4-2-7-19-21(14)23(29)25(22(19)28)17-10-8-15(9-11-17)24(30)33-13-20(27)16-5-3-6-18(12-16)26(31)32/h2-6,8-12,14,19,21H,7,13H2,1H3/t14-,19+,21+/m1/s1. The number of Topliss-reactive ketones (excluding diaryl/α,β-unsaturated/α-hetero) is 1. The normalized spacial score (nSPS) is 21.6. The smallest absolute Gasteiger partial charge is 0.338 e. The van der Waals surface area contributed by atoms with Gasteiger partial charge in [-0.3, -0.25) is 29.4 Å². The van der Waals surface area contributed by atoms with E-state index in [1.54, 1.807) is 0 Å². The van der Waals surface area contributed by atoms with Gasteiger partial charge in [-0.1, -0.05) is 31.2 Å². The number of esters is 1. The second-order valence-corrected chi connectivity index (χ2v) is 8.02. The summed E-state index contributed by atoms with van der Waals surface area (Å²) in [6, 6.07) is 11.0. The molecule has 1 aliphatic carbocycles. The molecule has 2 amide bonds. The Kier molecular flexibility index (Phi) is 5.87. The van der Waals surface area contributed by atoms with Crippen LogP contribution in [0.2, 0.25) is 0 Å². The molecule has 0 spiro atoms. The average Bonchev–Trinajstić information content (AvgIpc) is 3.08. The monoisotopic (exact) mass is 448 g/mol. The van der Waals surface area contributed by atoms with Crippen molar-refractivity contribution in [2.24, 2.45) is 17.8 Å². The van der Waals surface area contributed by atoms with Gasteiger partial charge in [-0.2, -0.15) is 0 Å². The molecule has 1 heterocycles. The molecule has 9 heteroatoms. The van der Waals surface area contributed by atoms with E-state index in [0.29, 0.717) is 12.1 Å². The zero-order valence-corrected chi connectivity index (χ0v) is 17.7. The highest BCUT2D eigenvalue weighted by atomic mass is 16.6. The summed E-state index contributed by atoms with van der Waals surface area (Å²) in [7, 11) is 0. The maximum Gasteiger partial charge on any atom is 0.338 e. The first-order valence-corrected chi connectivity index (χ1v) is 10.4. The summed E-state index contributed by atoms with van der Waals surface area (Å²) in [5.74, 6) is -2.64. The third-order valence-electron chi connectivity index (χ3n) is 5.95. The van der Waals surface area contributed by atoms with Crippen molar-refractivity contribution in [3.63, 3.8) is 0 Å². The number of hydrogen-bond acceptors (Lipinski definition) is 7. The Hall–Kier alpha value is -4.14. The van der Waals surface area contributed by atoms with E-state index in [0.717, 1.165) is 6.07 Å². The molecule has 3 atom stereocenters. The number of nitrogens with zero attached hydrogens (tertiary/aromatic N) is 2.